The molecule has 5 nitrogen and oxygen atoms in total. The summed E-state index contributed by atoms with van der Waals surface area (Å²) >= 11 is 0. The van der Waals surface area contributed by atoms with Gasteiger partial charge >= 0.3 is 0 Å². The quantitative estimate of drug-likeness (QED) is 0.530. The van der Waals surface area contributed by atoms with E-state index in [1.165, 1.54) is 12.1 Å². The lowest BCUT2D eigenvalue weighted by molar-refractivity contribution is -0.125. The summed E-state index contributed by atoms with van der Waals surface area (Å²) in [6, 6.07) is 13.0. The third kappa shape index (κ3) is 4.18. The zero-order valence-corrected chi connectivity index (χ0v) is 15.2. The van der Waals surface area contributed by atoms with Crippen molar-refractivity contribution in [3.63, 3.8) is 0 Å². The second-order valence-electron chi connectivity index (χ2n) is 6.90. The van der Waals surface area contributed by atoms with E-state index in [1.807, 2.05) is 24.3 Å². The number of rotatable bonds is 6. The Kier molecular flexibility index (Phi) is 5.70. The van der Waals surface area contributed by atoms with Crippen molar-refractivity contribution in [2.75, 3.05) is 0 Å². The van der Waals surface area contributed by atoms with Gasteiger partial charge in [-0.1, -0.05) is 42.5 Å². The van der Waals surface area contributed by atoms with Crippen LogP contribution in [0.3, 0.4) is 0 Å². The van der Waals surface area contributed by atoms with Crippen LogP contribution in [0.4, 0.5) is 4.39 Å². The number of nitrogens with one attached hydrogen (secondary N) is 1. The Bertz CT molecular complexity index is 951. The highest BCUT2D eigenvalue weighted by Gasteiger charge is 2.36. The minimum absolute atomic E-state index is 0.308. The van der Waals surface area contributed by atoms with Crippen molar-refractivity contribution in [2.45, 2.75) is 19.3 Å². The number of hydroxylamine groups is 1. The first-order valence-corrected chi connectivity index (χ1v) is 8.91. The van der Waals surface area contributed by atoms with E-state index in [9.17, 15) is 14.0 Å². The van der Waals surface area contributed by atoms with Crippen molar-refractivity contribution in [2.24, 2.45) is 11.1 Å². The molecule has 0 heterocycles. The van der Waals surface area contributed by atoms with Crippen LogP contribution >= 0.6 is 0 Å². The Hall–Kier alpha value is -3.25. The number of hydrogen-bond donors (Lipinski definition) is 3. The molecule has 1 atom stereocenters. The molecule has 28 heavy (non-hydrogen) atoms. The highest BCUT2D eigenvalue weighted by atomic mass is 19.1. The number of benzene rings is 2. The fraction of sp³-hybridized carbons (Fsp3) is 0.182. The number of hydrogen-bond acceptors (Lipinski definition) is 3. The molecule has 1 unspecified atom stereocenters. The topological polar surface area (TPSA) is 92.4 Å². The Morgan fingerprint density at radius 3 is 2.57 bits per heavy atom. The average molecular weight is 380 g/mol. The van der Waals surface area contributed by atoms with E-state index in [4.69, 9.17) is 10.9 Å². The van der Waals surface area contributed by atoms with Gasteiger partial charge in [0.1, 0.15) is 5.82 Å². The molecule has 0 fully saturated rings. The minimum Gasteiger partial charge on any atom is -0.369 e. The molecular formula is C22H21FN2O3. The second-order valence-corrected chi connectivity index (χ2v) is 6.90. The molecule has 0 saturated heterocycles. The summed E-state index contributed by atoms with van der Waals surface area (Å²) in [4.78, 5) is 23.8. The fourth-order valence-electron chi connectivity index (χ4n) is 3.43. The lowest BCUT2D eigenvalue weighted by Gasteiger charge is -2.31. The summed E-state index contributed by atoms with van der Waals surface area (Å²) in [5.74, 6) is -1.33. The van der Waals surface area contributed by atoms with E-state index < -0.39 is 17.2 Å². The molecule has 2 aromatic rings. The molecule has 4 N–H and O–H groups in total. The SMILES string of the molecule is NC(=O)C1(CCc2cccc(F)c2)C=CC=C(c2ccc(C(=O)NO)cc2)C1. The first kappa shape index (κ1) is 19.5. The van der Waals surface area contributed by atoms with Crippen LogP contribution in [-0.2, 0) is 11.2 Å². The lowest BCUT2D eigenvalue weighted by Crippen LogP contribution is -2.37. The zero-order chi connectivity index (χ0) is 20.1. The van der Waals surface area contributed by atoms with Crippen LogP contribution in [0.2, 0.25) is 0 Å². The van der Waals surface area contributed by atoms with E-state index in [1.54, 1.807) is 35.8 Å². The predicted molar refractivity (Wildman–Crippen MR) is 104 cm³/mol. The Morgan fingerprint density at radius 2 is 1.93 bits per heavy atom. The molecular weight excluding hydrogens is 359 g/mol. The number of aryl methyl sites for hydroxylation is 1. The highest BCUT2D eigenvalue weighted by molar-refractivity contribution is 5.94. The molecule has 2 amide bonds. The maximum absolute atomic E-state index is 13.4. The summed E-state index contributed by atoms with van der Waals surface area (Å²) in [7, 11) is 0. The van der Waals surface area contributed by atoms with Gasteiger partial charge in [0.15, 0.2) is 0 Å². The Labute approximate surface area is 162 Å². The van der Waals surface area contributed by atoms with Crippen molar-refractivity contribution in [3.05, 3.63) is 89.3 Å². The summed E-state index contributed by atoms with van der Waals surface area (Å²) in [5, 5.41) is 8.71. The summed E-state index contributed by atoms with van der Waals surface area (Å²) < 4.78 is 13.4. The van der Waals surface area contributed by atoms with E-state index in [0.717, 1.165) is 16.7 Å². The number of halogens is 1. The van der Waals surface area contributed by atoms with Crippen LogP contribution < -0.4 is 11.2 Å². The van der Waals surface area contributed by atoms with Crippen LogP contribution in [0.15, 0.2) is 66.8 Å². The Balaban J connectivity index is 1.79. The van der Waals surface area contributed by atoms with Crippen LogP contribution in [0.25, 0.3) is 5.57 Å². The van der Waals surface area contributed by atoms with E-state index in [2.05, 4.69) is 0 Å². The normalized spacial score (nSPS) is 18.4. The number of allylic oxidation sites excluding steroid dienone is 3. The summed E-state index contributed by atoms with van der Waals surface area (Å²) in [6.07, 6.45) is 6.93. The first-order valence-electron chi connectivity index (χ1n) is 8.91. The lowest BCUT2D eigenvalue weighted by atomic mass is 9.72. The average Bonchev–Trinajstić information content (AvgIpc) is 2.72. The minimum atomic E-state index is -0.864. The highest BCUT2D eigenvalue weighted by Crippen LogP contribution is 2.40. The Morgan fingerprint density at radius 1 is 1.18 bits per heavy atom. The van der Waals surface area contributed by atoms with Gasteiger partial charge in [-0.3, -0.25) is 14.8 Å². The number of nitrogens with two attached hydrogens (primary N) is 1. The second kappa shape index (κ2) is 8.19. The van der Waals surface area contributed by atoms with Crippen LogP contribution in [-0.4, -0.2) is 17.0 Å². The van der Waals surface area contributed by atoms with Crippen LogP contribution in [0.5, 0.6) is 0 Å². The van der Waals surface area contributed by atoms with Crippen molar-refractivity contribution < 1.29 is 19.2 Å². The molecule has 6 heteroatoms. The van der Waals surface area contributed by atoms with E-state index >= 15 is 0 Å². The molecule has 0 bridgehead atoms. The molecule has 1 aliphatic rings. The number of carbonyl (C=O) groups excluding carboxylic acids is 2. The summed E-state index contributed by atoms with van der Waals surface area (Å²) in [6.45, 7) is 0. The van der Waals surface area contributed by atoms with Gasteiger partial charge < -0.3 is 5.73 Å². The van der Waals surface area contributed by atoms with Gasteiger partial charge in [-0.05, 0) is 60.2 Å². The largest absolute Gasteiger partial charge is 0.369 e. The van der Waals surface area contributed by atoms with Crippen LogP contribution in [0.1, 0.15) is 34.3 Å². The van der Waals surface area contributed by atoms with Crippen molar-refractivity contribution in [3.8, 4) is 0 Å². The van der Waals surface area contributed by atoms with Crippen molar-refractivity contribution in [1.29, 1.82) is 0 Å². The van der Waals surface area contributed by atoms with Gasteiger partial charge in [-0.2, -0.15) is 0 Å². The van der Waals surface area contributed by atoms with Gasteiger partial charge in [-0.25, -0.2) is 9.87 Å². The smallest absolute Gasteiger partial charge is 0.274 e. The molecule has 0 saturated carbocycles. The fourth-order valence-corrected chi connectivity index (χ4v) is 3.43. The number of primary amides is 1. The first-order chi connectivity index (χ1) is 13.4. The zero-order valence-electron chi connectivity index (χ0n) is 15.2. The molecule has 0 radical (unpaired) electrons. The molecule has 0 aliphatic heterocycles. The van der Waals surface area contributed by atoms with Crippen molar-refractivity contribution in [1.82, 2.24) is 5.48 Å². The van der Waals surface area contributed by atoms with E-state index in [-0.39, 0.29) is 5.82 Å². The molecule has 144 valence electrons. The molecule has 3 rings (SSSR count). The number of carbonyl (C=O) groups is 2. The van der Waals surface area contributed by atoms with Crippen molar-refractivity contribution >= 4 is 17.4 Å². The number of amides is 2. The molecule has 0 aromatic heterocycles. The third-order valence-electron chi connectivity index (χ3n) is 5.08. The standard InChI is InChI=1S/C22H21FN2O3/c23-19-5-1-3-15(13-19)10-12-22(21(24)27)11-2-4-18(14-22)16-6-8-17(9-7-16)20(26)25-28/h1-9,11,13,28H,10,12,14H2,(H2,24,27)(H,25,26). The van der Waals surface area contributed by atoms with Gasteiger partial charge in [0.25, 0.3) is 5.91 Å². The third-order valence-corrected chi connectivity index (χ3v) is 5.08. The maximum atomic E-state index is 13.4. The maximum Gasteiger partial charge on any atom is 0.274 e. The van der Waals surface area contributed by atoms with E-state index in [0.29, 0.717) is 24.8 Å². The summed E-state index contributed by atoms with van der Waals surface area (Å²) in [5.41, 5.74) is 9.38. The van der Waals surface area contributed by atoms with Gasteiger partial charge in [0, 0.05) is 5.56 Å². The monoisotopic (exact) mass is 380 g/mol. The van der Waals surface area contributed by atoms with Gasteiger partial charge in [0.2, 0.25) is 5.91 Å². The predicted octanol–water partition coefficient (Wildman–Crippen LogP) is 3.39. The van der Waals surface area contributed by atoms with Gasteiger partial charge in [-0.15, -0.1) is 0 Å². The van der Waals surface area contributed by atoms with Crippen LogP contribution in [0, 0.1) is 11.2 Å². The molecule has 2 aromatic carbocycles. The molecule has 0 spiro atoms. The molecule has 1 aliphatic carbocycles. The van der Waals surface area contributed by atoms with Gasteiger partial charge in [0.05, 0.1) is 5.41 Å².